The van der Waals surface area contributed by atoms with Gasteiger partial charge in [0.05, 0.1) is 10.2 Å². The summed E-state index contributed by atoms with van der Waals surface area (Å²) in [6.45, 7) is 3.64. The summed E-state index contributed by atoms with van der Waals surface area (Å²) in [5.74, 6) is -0.804. The number of aryl methyl sites for hydroxylation is 1. The summed E-state index contributed by atoms with van der Waals surface area (Å²) >= 11 is 1.95. The van der Waals surface area contributed by atoms with Gasteiger partial charge in [-0.2, -0.15) is 0 Å². The number of anilines is 1. The topological polar surface area (TPSA) is 108 Å². The fourth-order valence-corrected chi connectivity index (χ4v) is 3.52. The number of imide groups is 1. The fraction of sp³-hybridized carbons (Fsp3) is 0.190. The molecule has 4 amide bonds. The molecule has 0 saturated carbocycles. The number of phenols is 1. The van der Waals surface area contributed by atoms with Crippen LogP contribution < -0.4 is 15.4 Å². The number of aromatic hydroxyl groups is 1. The number of carbonyl (C=O) groups excluding carboxylic acids is 3. The highest BCUT2D eigenvalue weighted by Crippen LogP contribution is 2.33. The van der Waals surface area contributed by atoms with Crippen LogP contribution in [-0.4, -0.2) is 41.0 Å². The van der Waals surface area contributed by atoms with E-state index in [-0.39, 0.29) is 17.2 Å². The quantitative estimate of drug-likeness (QED) is 0.308. The lowest BCUT2D eigenvalue weighted by molar-refractivity contribution is -0.127. The maximum atomic E-state index is 12.6. The molecule has 0 radical (unpaired) electrons. The predicted octanol–water partition coefficient (Wildman–Crippen LogP) is 3.24. The van der Waals surface area contributed by atoms with Gasteiger partial charge in [0.1, 0.15) is 12.2 Å². The van der Waals surface area contributed by atoms with Crippen molar-refractivity contribution >= 4 is 52.2 Å². The van der Waals surface area contributed by atoms with Gasteiger partial charge in [-0.3, -0.25) is 9.59 Å². The van der Waals surface area contributed by atoms with Crippen LogP contribution in [0.1, 0.15) is 18.1 Å². The van der Waals surface area contributed by atoms with Crippen molar-refractivity contribution in [3.63, 3.8) is 0 Å². The third-order valence-corrected chi connectivity index (χ3v) is 5.05. The van der Waals surface area contributed by atoms with Crippen LogP contribution in [0.2, 0.25) is 0 Å². The number of ether oxygens (including phenoxy) is 1. The van der Waals surface area contributed by atoms with Crippen LogP contribution >= 0.6 is 22.6 Å². The second kappa shape index (κ2) is 9.16. The molecule has 2 aromatic carbocycles. The number of urea groups is 1. The van der Waals surface area contributed by atoms with Crippen molar-refractivity contribution in [2.45, 2.75) is 13.8 Å². The van der Waals surface area contributed by atoms with Gasteiger partial charge in [0, 0.05) is 5.69 Å². The van der Waals surface area contributed by atoms with Crippen LogP contribution in [0.4, 0.5) is 10.5 Å². The highest BCUT2D eigenvalue weighted by atomic mass is 127. The van der Waals surface area contributed by atoms with E-state index in [0.29, 0.717) is 21.4 Å². The monoisotopic (exact) mass is 521 g/mol. The van der Waals surface area contributed by atoms with E-state index in [4.69, 9.17) is 4.74 Å². The van der Waals surface area contributed by atoms with Crippen molar-refractivity contribution in [1.29, 1.82) is 0 Å². The Morgan fingerprint density at radius 1 is 1.30 bits per heavy atom. The fourth-order valence-electron chi connectivity index (χ4n) is 2.89. The van der Waals surface area contributed by atoms with E-state index in [1.54, 1.807) is 37.3 Å². The molecule has 0 aromatic heterocycles. The van der Waals surface area contributed by atoms with Gasteiger partial charge in [-0.1, -0.05) is 12.1 Å². The molecule has 3 rings (SSSR count). The van der Waals surface area contributed by atoms with Crippen molar-refractivity contribution in [3.8, 4) is 11.5 Å². The molecule has 0 bridgehead atoms. The first kappa shape index (κ1) is 21.6. The second-order valence-electron chi connectivity index (χ2n) is 6.58. The summed E-state index contributed by atoms with van der Waals surface area (Å²) < 4.78 is 5.93. The number of benzene rings is 2. The lowest BCUT2D eigenvalue weighted by Crippen LogP contribution is -2.38. The molecule has 8 nitrogen and oxygen atoms in total. The van der Waals surface area contributed by atoms with Gasteiger partial charge in [0.15, 0.2) is 11.5 Å². The van der Waals surface area contributed by atoms with Crippen molar-refractivity contribution in [3.05, 3.63) is 56.8 Å². The predicted molar refractivity (Wildman–Crippen MR) is 120 cm³/mol. The first-order chi connectivity index (χ1) is 14.3. The Hall–Kier alpha value is -3.08. The minimum Gasteiger partial charge on any atom is -0.504 e. The Balaban J connectivity index is 1.75. The summed E-state index contributed by atoms with van der Waals surface area (Å²) in [5.41, 5.74) is 2.16. The Morgan fingerprint density at radius 3 is 2.77 bits per heavy atom. The number of nitrogens with one attached hydrogen (secondary N) is 2. The molecule has 156 valence electrons. The highest BCUT2D eigenvalue weighted by molar-refractivity contribution is 14.1. The molecule has 3 N–H and O–H groups in total. The number of carbonyl (C=O) groups is 3. The Kier molecular flexibility index (Phi) is 6.60. The number of hydrogen-bond donors (Lipinski definition) is 3. The first-order valence-corrected chi connectivity index (χ1v) is 10.2. The zero-order valence-corrected chi connectivity index (χ0v) is 18.5. The number of phenolic OH excluding ortho intramolecular Hbond substituents is 1. The van der Waals surface area contributed by atoms with Gasteiger partial charge in [-0.05, 0) is 77.9 Å². The minimum absolute atomic E-state index is 0.0100. The molecule has 0 aliphatic carbocycles. The molecule has 0 unspecified atom stereocenters. The van der Waals surface area contributed by atoms with Crippen LogP contribution in [0.5, 0.6) is 11.5 Å². The summed E-state index contributed by atoms with van der Waals surface area (Å²) in [7, 11) is 0. The normalized spacial score (nSPS) is 14.8. The standard InChI is InChI=1S/C21H20IN3O5/c1-3-30-17-10-13(8-15(22)19(17)27)9-16-20(28)25(21(29)24-16)11-18(26)23-14-6-4-5-12(2)7-14/h4-10,27H,3,11H2,1-2H3,(H,23,26)(H,24,29)/b16-9+. The number of amides is 4. The van der Waals surface area contributed by atoms with Crippen LogP contribution in [-0.2, 0) is 9.59 Å². The number of nitrogens with zero attached hydrogens (tertiary/aromatic N) is 1. The van der Waals surface area contributed by atoms with Crippen molar-refractivity contribution in [2.24, 2.45) is 0 Å². The molecule has 1 saturated heterocycles. The second-order valence-corrected chi connectivity index (χ2v) is 7.74. The molecule has 2 aromatic rings. The molecule has 0 atom stereocenters. The van der Waals surface area contributed by atoms with Crippen LogP contribution in [0.15, 0.2) is 42.1 Å². The van der Waals surface area contributed by atoms with Gasteiger partial charge in [0.2, 0.25) is 5.91 Å². The molecule has 1 aliphatic heterocycles. The third kappa shape index (κ3) is 4.90. The molecule has 0 spiro atoms. The van der Waals surface area contributed by atoms with E-state index in [1.165, 1.54) is 6.08 Å². The Bertz CT molecular complexity index is 1050. The molecular weight excluding hydrogens is 501 g/mol. The lowest BCUT2D eigenvalue weighted by atomic mass is 10.1. The number of rotatable bonds is 6. The minimum atomic E-state index is -0.677. The zero-order valence-electron chi connectivity index (χ0n) is 16.4. The average Bonchev–Trinajstić information content (AvgIpc) is 2.93. The van der Waals surface area contributed by atoms with Gasteiger partial charge in [-0.15, -0.1) is 0 Å². The molecular formula is C21H20IN3O5. The van der Waals surface area contributed by atoms with Crippen molar-refractivity contribution in [1.82, 2.24) is 10.2 Å². The van der Waals surface area contributed by atoms with Crippen LogP contribution in [0, 0.1) is 10.5 Å². The molecule has 1 heterocycles. The smallest absolute Gasteiger partial charge is 0.329 e. The molecule has 1 aliphatic rings. The van der Waals surface area contributed by atoms with Gasteiger partial charge in [-0.25, -0.2) is 9.69 Å². The van der Waals surface area contributed by atoms with Crippen LogP contribution in [0.3, 0.4) is 0 Å². The maximum absolute atomic E-state index is 12.6. The summed E-state index contributed by atoms with van der Waals surface area (Å²) in [4.78, 5) is 38.0. The summed E-state index contributed by atoms with van der Waals surface area (Å²) in [6, 6.07) is 9.76. The first-order valence-electron chi connectivity index (χ1n) is 9.15. The third-order valence-electron chi connectivity index (χ3n) is 4.23. The van der Waals surface area contributed by atoms with E-state index in [9.17, 15) is 19.5 Å². The number of hydrogen-bond acceptors (Lipinski definition) is 5. The van der Waals surface area contributed by atoms with Crippen molar-refractivity contribution < 1.29 is 24.2 Å². The Labute approximate surface area is 187 Å². The molecule has 30 heavy (non-hydrogen) atoms. The van der Waals surface area contributed by atoms with Crippen LogP contribution in [0.25, 0.3) is 6.08 Å². The van der Waals surface area contributed by atoms with E-state index < -0.39 is 24.4 Å². The highest BCUT2D eigenvalue weighted by Gasteiger charge is 2.35. The SMILES string of the molecule is CCOc1cc(/C=C2/NC(=O)N(CC(=O)Nc3cccc(C)c3)C2=O)cc(I)c1O. The van der Waals surface area contributed by atoms with Gasteiger partial charge >= 0.3 is 6.03 Å². The summed E-state index contributed by atoms with van der Waals surface area (Å²) in [5, 5.41) is 15.2. The largest absolute Gasteiger partial charge is 0.504 e. The average molecular weight is 521 g/mol. The van der Waals surface area contributed by atoms with E-state index in [0.717, 1.165) is 10.5 Å². The van der Waals surface area contributed by atoms with Gasteiger partial charge in [0.25, 0.3) is 5.91 Å². The maximum Gasteiger partial charge on any atom is 0.329 e. The van der Waals surface area contributed by atoms with E-state index in [1.807, 2.05) is 35.6 Å². The van der Waals surface area contributed by atoms with E-state index >= 15 is 0 Å². The van der Waals surface area contributed by atoms with Gasteiger partial charge < -0.3 is 20.5 Å². The Morgan fingerprint density at radius 2 is 2.07 bits per heavy atom. The van der Waals surface area contributed by atoms with E-state index in [2.05, 4.69) is 10.6 Å². The molecule has 1 fully saturated rings. The zero-order chi connectivity index (χ0) is 21.8. The number of halogens is 1. The summed E-state index contributed by atoms with van der Waals surface area (Å²) in [6.07, 6.45) is 1.48. The lowest BCUT2D eigenvalue weighted by Gasteiger charge is -2.12. The molecule has 9 heteroatoms. The van der Waals surface area contributed by atoms with Crippen molar-refractivity contribution in [2.75, 3.05) is 18.5 Å².